The number of nitrogens with one attached hydrogen (secondary N) is 1. The Bertz CT molecular complexity index is 83.8. The van der Waals surface area contributed by atoms with Crippen LogP contribution in [0.5, 0.6) is 0 Å². The summed E-state index contributed by atoms with van der Waals surface area (Å²) in [7, 11) is 0. The van der Waals surface area contributed by atoms with Crippen LogP contribution < -0.4 is 11.3 Å². The Balaban J connectivity index is 3.86. The highest BCUT2D eigenvalue weighted by Crippen LogP contribution is 2.19. The summed E-state index contributed by atoms with van der Waals surface area (Å²) >= 11 is 0. The maximum absolute atomic E-state index is 5.49. The molecule has 3 N–H and O–H groups in total. The summed E-state index contributed by atoms with van der Waals surface area (Å²) in [4.78, 5) is 0. The molecule has 0 fully saturated rings. The molecule has 2 heteroatoms. The maximum atomic E-state index is 5.49. The summed E-state index contributed by atoms with van der Waals surface area (Å²) in [5, 5.41) is 0. The Labute approximate surface area is 76.9 Å². The van der Waals surface area contributed by atoms with Crippen LogP contribution in [0.2, 0.25) is 0 Å². The molecule has 0 heterocycles. The van der Waals surface area contributed by atoms with E-state index in [0.717, 1.165) is 12.3 Å². The fraction of sp³-hybridized carbons (Fsp3) is 1.00. The van der Waals surface area contributed by atoms with Crippen LogP contribution in [0.3, 0.4) is 0 Å². The van der Waals surface area contributed by atoms with Crippen molar-refractivity contribution in [1.29, 1.82) is 0 Å². The number of hydrazine groups is 1. The second-order valence-corrected chi connectivity index (χ2v) is 3.52. The van der Waals surface area contributed by atoms with Gasteiger partial charge in [-0.1, -0.05) is 33.6 Å². The van der Waals surface area contributed by atoms with Gasteiger partial charge in [0.15, 0.2) is 0 Å². The molecular weight excluding hydrogens is 148 g/mol. The van der Waals surface area contributed by atoms with E-state index in [9.17, 15) is 0 Å². The summed E-state index contributed by atoms with van der Waals surface area (Å²) < 4.78 is 0. The fourth-order valence-electron chi connectivity index (χ4n) is 1.88. The molecule has 74 valence electrons. The smallest absolute Gasteiger partial charge is 0.0236 e. The summed E-state index contributed by atoms with van der Waals surface area (Å²) in [5.41, 5.74) is 2.92. The minimum absolute atomic E-state index is 0.518. The molecule has 0 aliphatic heterocycles. The predicted molar refractivity (Wildman–Crippen MR) is 54.7 cm³/mol. The molecule has 0 aliphatic rings. The third-order valence-corrected chi connectivity index (χ3v) is 2.54. The van der Waals surface area contributed by atoms with Crippen LogP contribution in [0, 0.1) is 5.92 Å². The summed E-state index contributed by atoms with van der Waals surface area (Å²) in [6.07, 6.45) is 6.28. The van der Waals surface area contributed by atoms with Gasteiger partial charge in [0.25, 0.3) is 0 Å². The van der Waals surface area contributed by atoms with E-state index in [1.165, 1.54) is 25.7 Å². The zero-order valence-corrected chi connectivity index (χ0v) is 8.77. The summed E-state index contributed by atoms with van der Waals surface area (Å²) in [6, 6.07) is 0.518. The Morgan fingerprint density at radius 1 is 1.08 bits per heavy atom. The van der Waals surface area contributed by atoms with Crippen LogP contribution in [0.15, 0.2) is 0 Å². The topological polar surface area (TPSA) is 38.0 Å². The van der Waals surface area contributed by atoms with E-state index in [1.54, 1.807) is 0 Å². The van der Waals surface area contributed by atoms with Crippen molar-refractivity contribution in [3.8, 4) is 0 Å². The average Bonchev–Trinajstić information content (AvgIpc) is 2.07. The Morgan fingerprint density at radius 3 is 1.83 bits per heavy atom. The molecule has 0 aromatic carbocycles. The normalized spacial score (nSPS) is 13.8. The van der Waals surface area contributed by atoms with Crippen LogP contribution in [0.4, 0.5) is 0 Å². The predicted octanol–water partition coefficient (Wildman–Crippen LogP) is 2.44. The molecule has 0 aromatic rings. The molecule has 12 heavy (non-hydrogen) atoms. The molecule has 0 aliphatic carbocycles. The highest BCUT2D eigenvalue weighted by atomic mass is 15.2. The zero-order valence-electron chi connectivity index (χ0n) is 8.77. The van der Waals surface area contributed by atoms with Crippen molar-refractivity contribution in [3.05, 3.63) is 0 Å². The van der Waals surface area contributed by atoms with Gasteiger partial charge in [-0.15, -0.1) is 0 Å². The standard InChI is InChI=1S/C10H24N2/c1-4-7-9(8-5-2)10(6-3)12-11/h9-10,12H,4-8,11H2,1-3H3. The van der Waals surface area contributed by atoms with E-state index >= 15 is 0 Å². The molecule has 0 saturated heterocycles. The van der Waals surface area contributed by atoms with Crippen LogP contribution >= 0.6 is 0 Å². The Kier molecular flexibility index (Phi) is 7.51. The number of hydrogen-bond acceptors (Lipinski definition) is 2. The molecule has 0 amide bonds. The van der Waals surface area contributed by atoms with Crippen molar-refractivity contribution in [1.82, 2.24) is 5.43 Å². The van der Waals surface area contributed by atoms with Gasteiger partial charge >= 0.3 is 0 Å². The molecule has 0 spiro atoms. The van der Waals surface area contributed by atoms with E-state index in [1.807, 2.05) is 0 Å². The lowest BCUT2D eigenvalue weighted by molar-refractivity contribution is 0.306. The number of nitrogens with two attached hydrogens (primary N) is 1. The number of hydrogen-bond donors (Lipinski definition) is 2. The molecule has 1 atom stereocenters. The molecule has 2 nitrogen and oxygen atoms in total. The number of rotatable bonds is 7. The van der Waals surface area contributed by atoms with Gasteiger partial charge in [-0.05, 0) is 25.2 Å². The zero-order chi connectivity index (χ0) is 9.40. The molecule has 0 rings (SSSR count). The molecule has 0 bridgehead atoms. The van der Waals surface area contributed by atoms with Gasteiger partial charge in [-0.25, -0.2) is 0 Å². The second-order valence-electron chi connectivity index (χ2n) is 3.52. The third-order valence-electron chi connectivity index (χ3n) is 2.54. The van der Waals surface area contributed by atoms with Crippen molar-refractivity contribution < 1.29 is 0 Å². The summed E-state index contributed by atoms with van der Waals surface area (Å²) in [5.74, 6) is 6.27. The van der Waals surface area contributed by atoms with Crippen LogP contribution in [0.25, 0.3) is 0 Å². The van der Waals surface area contributed by atoms with Gasteiger partial charge in [-0.2, -0.15) is 0 Å². The van der Waals surface area contributed by atoms with Crippen LogP contribution in [0.1, 0.15) is 52.9 Å². The third kappa shape index (κ3) is 4.07. The lowest BCUT2D eigenvalue weighted by Gasteiger charge is -2.24. The van der Waals surface area contributed by atoms with E-state index in [0.29, 0.717) is 6.04 Å². The average molecular weight is 172 g/mol. The first kappa shape index (κ1) is 11.9. The van der Waals surface area contributed by atoms with Gasteiger partial charge in [0.1, 0.15) is 0 Å². The first-order valence-corrected chi connectivity index (χ1v) is 5.26. The molecule has 0 saturated carbocycles. The molecular formula is C10H24N2. The van der Waals surface area contributed by atoms with Crippen molar-refractivity contribution in [2.45, 2.75) is 58.9 Å². The van der Waals surface area contributed by atoms with Gasteiger partial charge in [0, 0.05) is 6.04 Å². The highest BCUT2D eigenvalue weighted by molar-refractivity contribution is 4.72. The molecule has 0 radical (unpaired) electrons. The second kappa shape index (κ2) is 7.56. The maximum Gasteiger partial charge on any atom is 0.0236 e. The van der Waals surface area contributed by atoms with E-state index < -0.39 is 0 Å². The van der Waals surface area contributed by atoms with E-state index in [2.05, 4.69) is 26.2 Å². The minimum atomic E-state index is 0.518. The first-order chi connectivity index (χ1) is 5.79. The minimum Gasteiger partial charge on any atom is -0.271 e. The van der Waals surface area contributed by atoms with Gasteiger partial charge in [0.2, 0.25) is 0 Å². The Hall–Kier alpha value is -0.0800. The molecule has 1 unspecified atom stereocenters. The fourth-order valence-corrected chi connectivity index (χ4v) is 1.88. The quantitative estimate of drug-likeness (QED) is 0.457. The Morgan fingerprint density at radius 2 is 1.58 bits per heavy atom. The monoisotopic (exact) mass is 172 g/mol. The van der Waals surface area contributed by atoms with Crippen molar-refractivity contribution in [2.24, 2.45) is 11.8 Å². The lowest BCUT2D eigenvalue weighted by atomic mass is 9.89. The van der Waals surface area contributed by atoms with Crippen LogP contribution in [-0.2, 0) is 0 Å². The molecule has 0 aromatic heterocycles. The van der Waals surface area contributed by atoms with Gasteiger partial charge < -0.3 is 0 Å². The largest absolute Gasteiger partial charge is 0.271 e. The van der Waals surface area contributed by atoms with Crippen molar-refractivity contribution >= 4 is 0 Å². The van der Waals surface area contributed by atoms with Crippen molar-refractivity contribution in [3.63, 3.8) is 0 Å². The highest BCUT2D eigenvalue weighted by Gasteiger charge is 2.16. The SMILES string of the molecule is CCCC(CCC)C(CC)NN. The lowest BCUT2D eigenvalue weighted by Crippen LogP contribution is -2.40. The van der Waals surface area contributed by atoms with E-state index in [-0.39, 0.29) is 0 Å². The first-order valence-electron chi connectivity index (χ1n) is 5.26. The summed E-state index contributed by atoms with van der Waals surface area (Å²) in [6.45, 7) is 6.68. The van der Waals surface area contributed by atoms with E-state index in [4.69, 9.17) is 5.84 Å². The van der Waals surface area contributed by atoms with Gasteiger partial charge in [0.05, 0.1) is 0 Å². The van der Waals surface area contributed by atoms with Gasteiger partial charge in [-0.3, -0.25) is 11.3 Å². The van der Waals surface area contributed by atoms with Crippen LogP contribution in [-0.4, -0.2) is 6.04 Å². The van der Waals surface area contributed by atoms with Crippen molar-refractivity contribution in [2.75, 3.05) is 0 Å².